The van der Waals surface area contributed by atoms with E-state index < -0.39 is 23.1 Å². The molecular weight excluding hydrogens is 257 g/mol. The normalized spacial score (nSPS) is 12.6. The number of hydrogen-bond acceptors (Lipinski definition) is 4. The van der Waals surface area contributed by atoms with Crippen LogP contribution in [0.1, 0.15) is 5.82 Å². The van der Waals surface area contributed by atoms with E-state index >= 15 is 0 Å². The number of rotatable bonds is 2. The molecule has 1 aromatic heterocycles. The molecule has 0 bridgehead atoms. The van der Waals surface area contributed by atoms with E-state index in [1.54, 1.807) is 0 Å². The Morgan fingerprint density at radius 1 is 1.31 bits per heavy atom. The topological polar surface area (TPSA) is 54.9 Å². The average molecular weight is 261 g/mol. The van der Waals surface area contributed by atoms with Crippen molar-refractivity contribution in [2.75, 3.05) is 5.32 Å². The van der Waals surface area contributed by atoms with Gasteiger partial charge in [0.1, 0.15) is 5.82 Å². The SMILES string of the molecule is Cc1nsc(NC(=O)C(F)(F)C(F)(F)F)n1. The lowest BCUT2D eigenvalue weighted by atomic mass is 10.3. The van der Waals surface area contributed by atoms with Crippen LogP contribution in [0.25, 0.3) is 0 Å². The van der Waals surface area contributed by atoms with Gasteiger partial charge < -0.3 is 0 Å². The van der Waals surface area contributed by atoms with Crippen molar-refractivity contribution in [3.63, 3.8) is 0 Å². The average Bonchev–Trinajstić information content (AvgIpc) is 2.49. The van der Waals surface area contributed by atoms with Crippen LogP contribution >= 0.6 is 11.5 Å². The third kappa shape index (κ3) is 2.43. The van der Waals surface area contributed by atoms with Crippen LogP contribution in [0.15, 0.2) is 0 Å². The van der Waals surface area contributed by atoms with E-state index in [2.05, 4.69) is 9.36 Å². The second kappa shape index (κ2) is 3.92. The Hall–Kier alpha value is -1.32. The van der Waals surface area contributed by atoms with Crippen molar-refractivity contribution in [3.8, 4) is 0 Å². The second-order valence-corrected chi connectivity index (χ2v) is 3.42. The minimum atomic E-state index is -5.93. The molecule has 4 nitrogen and oxygen atoms in total. The highest BCUT2D eigenvalue weighted by molar-refractivity contribution is 7.09. The first-order valence-corrected chi connectivity index (χ1v) is 4.48. The number of halogens is 5. The summed E-state index contributed by atoms with van der Waals surface area (Å²) < 4.78 is 63.6. The fourth-order valence-corrected chi connectivity index (χ4v) is 1.22. The summed E-state index contributed by atoms with van der Waals surface area (Å²) in [5.74, 6) is -7.76. The summed E-state index contributed by atoms with van der Waals surface area (Å²) in [6.07, 6.45) is -5.93. The summed E-state index contributed by atoms with van der Waals surface area (Å²) >= 11 is 0.511. The number of hydrogen-bond donors (Lipinski definition) is 1. The van der Waals surface area contributed by atoms with E-state index in [0.29, 0.717) is 11.5 Å². The minimum Gasteiger partial charge on any atom is -0.295 e. The number of carbonyl (C=O) groups is 1. The van der Waals surface area contributed by atoms with E-state index in [4.69, 9.17) is 0 Å². The first-order chi connectivity index (χ1) is 7.14. The summed E-state index contributed by atoms with van der Waals surface area (Å²) in [5, 5.41) is 0.935. The Labute approximate surface area is 89.7 Å². The Balaban J connectivity index is 2.80. The maximum atomic E-state index is 12.4. The van der Waals surface area contributed by atoms with Crippen molar-refractivity contribution in [1.29, 1.82) is 0 Å². The standard InChI is InChI=1S/C6H4F5N3OS/c1-2-12-4(16-14-2)13-3(15)5(7,8)6(9,10)11/h1H3,(H,12,13,14,15). The molecule has 0 saturated heterocycles. The van der Waals surface area contributed by atoms with Gasteiger partial charge in [-0.1, -0.05) is 0 Å². The molecule has 1 rings (SSSR count). The van der Waals surface area contributed by atoms with E-state index in [-0.39, 0.29) is 5.82 Å². The third-order valence-electron chi connectivity index (χ3n) is 1.39. The van der Waals surface area contributed by atoms with Gasteiger partial charge in [0.05, 0.1) is 0 Å². The van der Waals surface area contributed by atoms with Gasteiger partial charge in [0, 0.05) is 11.5 Å². The van der Waals surface area contributed by atoms with E-state index in [1.807, 2.05) is 0 Å². The highest BCUT2D eigenvalue weighted by atomic mass is 32.1. The summed E-state index contributed by atoms with van der Waals surface area (Å²) in [7, 11) is 0. The van der Waals surface area contributed by atoms with Crippen molar-refractivity contribution in [1.82, 2.24) is 9.36 Å². The van der Waals surface area contributed by atoms with Gasteiger partial charge in [0.25, 0.3) is 0 Å². The van der Waals surface area contributed by atoms with Crippen molar-refractivity contribution in [2.45, 2.75) is 19.0 Å². The number of aryl methyl sites for hydroxylation is 1. The van der Waals surface area contributed by atoms with Crippen LogP contribution < -0.4 is 5.32 Å². The molecule has 0 atom stereocenters. The van der Waals surface area contributed by atoms with Gasteiger partial charge in [0.2, 0.25) is 5.13 Å². The van der Waals surface area contributed by atoms with Crippen LogP contribution in [-0.2, 0) is 4.79 Å². The lowest BCUT2D eigenvalue weighted by Crippen LogP contribution is -2.47. The number of amides is 1. The van der Waals surface area contributed by atoms with E-state index in [1.165, 1.54) is 12.2 Å². The summed E-state index contributed by atoms with van der Waals surface area (Å²) in [4.78, 5) is 14.1. The van der Waals surface area contributed by atoms with Gasteiger partial charge in [-0.25, -0.2) is 4.98 Å². The lowest BCUT2D eigenvalue weighted by molar-refractivity contribution is -0.267. The smallest absolute Gasteiger partial charge is 0.295 e. The van der Waals surface area contributed by atoms with Gasteiger partial charge in [-0.3, -0.25) is 10.1 Å². The van der Waals surface area contributed by atoms with Crippen molar-refractivity contribution in [2.24, 2.45) is 0 Å². The van der Waals surface area contributed by atoms with Crippen LogP contribution in [0.3, 0.4) is 0 Å². The van der Waals surface area contributed by atoms with Crippen LogP contribution in [0, 0.1) is 6.92 Å². The van der Waals surface area contributed by atoms with Crippen LogP contribution in [0.4, 0.5) is 27.1 Å². The molecule has 1 aromatic rings. The zero-order chi connectivity index (χ0) is 12.6. The number of anilines is 1. The first kappa shape index (κ1) is 12.7. The van der Waals surface area contributed by atoms with Crippen LogP contribution in [0.2, 0.25) is 0 Å². The predicted molar refractivity (Wildman–Crippen MR) is 44.3 cm³/mol. The highest BCUT2D eigenvalue weighted by Crippen LogP contribution is 2.36. The molecule has 0 fully saturated rings. The molecule has 0 aliphatic rings. The predicted octanol–water partition coefficient (Wildman–Crippen LogP) is 1.98. The van der Waals surface area contributed by atoms with Gasteiger partial charge in [-0.2, -0.15) is 26.3 Å². The fourth-order valence-electron chi connectivity index (χ4n) is 0.652. The molecular formula is C6H4F5N3OS. The number of aromatic nitrogens is 2. The summed E-state index contributed by atoms with van der Waals surface area (Å²) in [6, 6.07) is 0. The maximum absolute atomic E-state index is 12.4. The summed E-state index contributed by atoms with van der Waals surface area (Å²) in [5.41, 5.74) is 0. The molecule has 1 heterocycles. The van der Waals surface area contributed by atoms with Gasteiger partial charge >= 0.3 is 18.0 Å². The maximum Gasteiger partial charge on any atom is 0.463 e. The van der Waals surface area contributed by atoms with Crippen molar-refractivity contribution >= 4 is 22.6 Å². The molecule has 90 valence electrons. The van der Waals surface area contributed by atoms with E-state index in [9.17, 15) is 26.7 Å². The number of nitrogens with zero attached hydrogens (tertiary/aromatic N) is 2. The molecule has 0 unspecified atom stereocenters. The molecule has 0 aliphatic heterocycles. The monoisotopic (exact) mass is 261 g/mol. The first-order valence-electron chi connectivity index (χ1n) is 3.71. The van der Waals surface area contributed by atoms with Gasteiger partial charge in [-0.05, 0) is 6.92 Å². The Bertz CT molecular complexity index is 401. The van der Waals surface area contributed by atoms with Gasteiger partial charge in [-0.15, -0.1) is 0 Å². The van der Waals surface area contributed by atoms with Crippen molar-refractivity contribution in [3.05, 3.63) is 5.82 Å². The number of nitrogens with one attached hydrogen (secondary N) is 1. The fraction of sp³-hybridized carbons (Fsp3) is 0.500. The third-order valence-corrected chi connectivity index (χ3v) is 2.11. The molecule has 1 amide bonds. The molecule has 0 spiro atoms. The lowest BCUT2D eigenvalue weighted by Gasteiger charge is -2.17. The Morgan fingerprint density at radius 3 is 2.25 bits per heavy atom. The molecule has 10 heteroatoms. The molecule has 16 heavy (non-hydrogen) atoms. The zero-order valence-electron chi connectivity index (χ0n) is 7.60. The van der Waals surface area contributed by atoms with Crippen LogP contribution in [0.5, 0.6) is 0 Å². The summed E-state index contributed by atoms with van der Waals surface area (Å²) in [6.45, 7) is 1.40. The minimum absolute atomic E-state index is 0.163. The number of alkyl halides is 5. The van der Waals surface area contributed by atoms with Gasteiger partial charge in [0.15, 0.2) is 0 Å². The Kier molecular flexibility index (Phi) is 3.13. The van der Waals surface area contributed by atoms with Crippen molar-refractivity contribution < 1.29 is 26.7 Å². The zero-order valence-corrected chi connectivity index (χ0v) is 8.42. The van der Waals surface area contributed by atoms with Crippen LogP contribution in [-0.4, -0.2) is 27.4 Å². The second-order valence-electron chi connectivity index (χ2n) is 2.67. The number of carbonyl (C=O) groups excluding carboxylic acids is 1. The largest absolute Gasteiger partial charge is 0.463 e. The molecule has 1 N–H and O–H groups in total. The highest BCUT2D eigenvalue weighted by Gasteiger charge is 2.63. The molecule has 0 aromatic carbocycles. The molecule has 0 radical (unpaired) electrons. The molecule has 0 saturated carbocycles. The Morgan fingerprint density at radius 2 is 1.88 bits per heavy atom. The quantitative estimate of drug-likeness (QED) is 0.828. The molecule has 0 aliphatic carbocycles. The van der Waals surface area contributed by atoms with E-state index in [0.717, 1.165) is 0 Å².